The van der Waals surface area contributed by atoms with E-state index in [0.29, 0.717) is 0 Å². The molecule has 1 atom stereocenters. The Hall–Kier alpha value is -1.02. The van der Waals surface area contributed by atoms with Gasteiger partial charge in [-0.05, 0) is 42.5 Å². The molecule has 2 heteroatoms. The van der Waals surface area contributed by atoms with E-state index in [4.69, 9.17) is 4.42 Å². The first-order valence-electron chi connectivity index (χ1n) is 6.46. The summed E-state index contributed by atoms with van der Waals surface area (Å²) in [7, 11) is 0. The average Bonchev–Trinajstić information content (AvgIpc) is 2.83. The minimum atomic E-state index is 0.219. The third-order valence-electron chi connectivity index (χ3n) is 3.32. The quantitative estimate of drug-likeness (QED) is 0.708. The van der Waals surface area contributed by atoms with Gasteiger partial charge in [0.15, 0.2) is 0 Å². The van der Waals surface area contributed by atoms with Gasteiger partial charge in [0.2, 0.25) is 0 Å². The van der Waals surface area contributed by atoms with Gasteiger partial charge in [0.25, 0.3) is 0 Å². The summed E-state index contributed by atoms with van der Waals surface area (Å²) in [6, 6.07) is 8.87. The van der Waals surface area contributed by atoms with Crippen LogP contribution >= 0.6 is 15.9 Å². The third kappa shape index (κ3) is 2.69. The van der Waals surface area contributed by atoms with Crippen LogP contribution in [0.3, 0.4) is 0 Å². The van der Waals surface area contributed by atoms with Crippen molar-refractivity contribution in [2.45, 2.75) is 38.4 Å². The molecule has 0 aliphatic carbocycles. The standard InChI is InChI=1S/C16H19BrO/c1-4-12-6-7-13(5-2)15(9-12)16(17)14-8-11(3)18-10-14/h6-10,16H,4-5H2,1-3H3. The lowest BCUT2D eigenvalue weighted by Crippen LogP contribution is -1.98. The Morgan fingerprint density at radius 3 is 2.50 bits per heavy atom. The first kappa shape index (κ1) is 13.4. The highest BCUT2D eigenvalue weighted by molar-refractivity contribution is 9.09. The predicted molar refractivity (Wildman–Crippen MR) is 79.4 cm³/mol. The fourth-order valence-corrected chi connectivity index (χ4v) is 2.86. The van der Waals surface area contributed by atoms with Crippen LogP contribution in [0.1, 0.15) is 46.7 Å². The largest absolute Gasteiger partial charge is 0.469 e. The van der Waals surface area contributed by atoms with Crippen molar-refractivity contribution in [2.75, 3.05) is 0 Å². The van der Waals surface area contributed by atoms with E-state index in [0.717, 1.165) is 18.6 Å². The lowest BCUT2D eigenvalue weighted by molar-refractivity contribution is 0.532. The number of hydrogen-bond donors (Lipinski definition) is 0. The molecule has 0 aliphatic rings. The molecule has 2 rings (SSSR count). The van der Waals surface area contributed by atoms with Crippen molar-refractivity contribution in [3.63, 3.8) is 0 Å². The maximum atomic E-state index is 5.41. The van der Waals surface area contributed by atoms with E-state index >= 15 is 0 Å². The molecule has 0 amide bonds. The fourth-order valence-electron chi connectivity index (χ4n) is 2.20. The van der Waals surface area contributed by atoms with Gasteiger partial charge in [0.05, 0.1) is 11.1 Å². The van der Waals surface area contributed by atoms with E-state index < -0.39 is 0 Å². The predicted octanol–water partition coefficient (Wildman–Crippen LogP) is 5.20. The molecule has 1 nitrogen and oxygen atoms in total. The Bertz CT molecular complexity index is 528. The van der Waals surface area contributed by atoms with E-state index in [1.165, 1.54) is 22.3 Å². The number of furan rings is 1. The number of alkyl halides is 1. The number of halogens is 1. The molecule has 18 heavy (non-hydrogen) atoms. The molecule has 1 aromatic heterocycles. The van der Waals surface area contributed by atoms with Gasteiger partial charge in [-0.15, -0.1) is 0 Å². The number of rotatable bonds is 4. The van der Waals surface area contributed by atoms with Gasteiger partial charge in [0, 0.05) is 5.56 Å². The zero-order valence-corrected chi connectivity index (χ0v) is 12.8. The van der Waals surface area contributed by atoms with Crippen LogP contribution in [-0.4, -0.2) is 0 Å². The van der Waals surface area contributed by atoms with E-state index in [-0.39, 0.29) is 4.83 Å². The number of aryl methyl sites for hydroxylation is 3. The molecule has 0 aliphatic heterocycles. The Kier molecular flexibility index (Phi) is 4.28. The zero-order chi connectivity index (χ0) is 13.1. The average molecular weight is 307 g/mol. The summed E-state index contributed by atoms with van der Waals surface area (Å²) in [4.78, 5) is 0.219. The monoisotopic (exact) mass is 306 g/mol. The first-order valence-corrected chi connectivity index (χ1v) is 7.38. The van der Waals surface area contributed by atoms with Gasteiger partial charge in [-0.3, -0.25) is 0 Å². The maximum absolute atomic E-state index is 5.41. The zero-order valence-electron chi connectivity index (χ0n) is 11.2. The molecule has 96 valence electrons. The van der Waals surface area contributed by atoms with Gasteiger partial charge in [-0.2, -0.15) is 0 Å². The van der Waals surface area contributed by atoms with Gasteiger partial charge >= 0.3 is 0 Å². The normalized spacial score (nSPS) is 12.7. The molecule has 0 saturated carbocycles. The Morgan fingerprint density at radius 1 is 1.17 bits per heavy atom. The summed E-state index contributed by atoms with van der Waals surface area (Å²) in [5.41, 5.74) is 5.33. The second-order valence-corrected chi connectivity index (χ2v) is 5.51. The van der Waals surface area contributed by atoms with Crippen molar-refractivity contribution >= 4 is 15.9 Å². The van der Waals surface area contributed by atoms with Crippen LogP contribution in [0.25, 0.3) is 0 Å². The maximum Gasteiger partial charge on any atom is 0.101 e. The smallest absolute Gasteiger partial charge is 0.101 e. The highest BCUT2D eigenvalue weighted by Crippen LogP contribution is 2.34. The molecular weight excluding hydrogens is 288 g/mol. The number of benzene rings is 1. The highest BCUT2D eigenvalue weighted by atomic mass is 79.9. The lowest BCUT2D eigenvalue weighted by Gasteiger charge is -2.14. The van der Waals surface area contributed by atoms with Crippen LogP contribution in [-0.2, 0) is 12.8 Å². The summed E-state index contributed by atoms with van der Waals surface area (Å²) >= 11 is 3.80. The molecule has 0 spiro atoms. The molecule has 0 N–H and O–H groups in total. The van der Waals surface area contributed by atoms with Gasteiger partial charge in [0.1, 0.15) is 5.76 Å². The molecule has 0 bridgehead atoms. The fraction of sp³-hybridized carbons (Fsp3) is 0.375. The minimum absolute atomic E-state index is 0.219. The number of hydrogen-bond acceptors (Lipinski definition) is 1. The van der Waals surface area contributed by atoms with Crippen LogP contribution in [0.2, 0.25) is 0 Å². The molecule has 1 aromatic carbocycles. The van der Waals surface area contributed by atoms with E-state index in [1.807, 2.05) is 13.2 Å². The summed E-state index contributed by atoms with van der Waals surface area (Å²) < 4.78 is 5.41. The van der Waals surface area contributed by atoms with E-state index in [2.05, 4.69) is 54.0 Å². The lowest BCUT2D eigenvalue weighted by atomic mass is 9.96. The molecule has 1 heterocycles. The Balaban J connectivity index is 2.41. The van der Waals surface area contributed by atoms with Gasteiger partial charge in [-0.25, -0.2) is 0 Å². The van der Waals surface area contributed by atoms with Gasteiger partial charge in [-0.1, -0.05) is 48.0 Å². The van der Waals surface area contributed by atoms with Crippen molar-refractivity contribution in [3.8, 4) is 0 Å². The van der Waals surface area contributed by atoms with Crippen molar-refractivity contribution in [1.82, 2.24) is 0 Å². The SMILES string of the molecule is CCc1ccc(CC)c(C(Br)c2coc(C)c2)c1. The van der Waals surface area contributed by atoms with Crippen molar-refractivity contribution in [3.05, 3.63) is 58.5 Å². The van der Waals surface area contributed by atoms with Crippen LogP contribution in [0.15, 0.2) is 34.9 Å². The summed E-state index contributed by atoms with van der Waals surface area (Å²) in [5, 5.41) is 0. The van der Waals surface area contributed by atoms with E-state index in [1.54, 1.807) is 0 Å². The topological polar surface area (TPSA) is 13.1 Å². The molecule has 0 saturated heterocycles. The summed E-state index contributed by atoms with van der Waals surface area (Å²) in [5.74, 6) is 0.958. The minimum Gasteiger partial charge on any atom is -0.469 e. The third-order valence-corrected chi connectivity index (χ3v) is 4.34. The van der Waals surface area contributed by atoms with E-state index in [9.17, 15) is 0 Å². The second kappa shape index (κ2) is 5.75. The molecule has 0 fully saturated rings. The van der Waals surface area contributed by atoms with Crippen molar-refractivity contribution in [2.24, 2.45) is 0 Å². The van der Waals surface area contributed by atoms with Crippen LogP contribution < -0.4 is 0 Å². The first-order chi connectivity index (χ1) is 8.65. The Labute approximate surface area is 117 Å². The molecule has 0 radical (unpaired) electrons. The van der Waals surface area contributed by atoms with Crippen LogP contribution in [0.4, 0.5) is 0 Å². The summed E-state index contributed by atoms with van der Waals surface area (Å²) in [6.07, 6.45) is 3.96. The molecule has 1 unspecified atom stereocenters. The van der Waals surface area contributed by atoms with Gasteiger partial charge < -0.3 is 4.42 Å². The second-order valence-electron chi connectivity index (χ2n) is 4.59. The van der Waals surface area contributed by atoms with Crippen molar-refractivity contribution in [1.29, 1.82) is 0 Å². The molecule has 2 aromatic rings. The van der Waals surface area contributed by atoms with Crippen LogP contribution in [0.5, 0.6) is 0 Å². The highest BCUT2D eigenvalue weighted by Gasteiger charge is 2.16. The van der Waals surface area contributed by atoms with Crippen molar-refractivity contribution < 1.29 is 4.42 Å². The molecular formula is C16H19BrO. The van der Waals surface area contributed by atoms with Crippen LogP contribution in [0, 0.1) is 6.92 Å². The summed E-state index contributed by atoms with van der Waals surface area (Å²) in [6.45, 7) is 6.37. The Morgan fingerprint density at radius 2 is 1.94 bits per heavy atom.